The van der Waals surface area contributed by atoms with Crippen molar-refractivity contribution < 1.29 is 19.7 Å². The molecule has 6 aliphatic rings. The van der Waals surface area contributed by atoms with Gasteiger partial charge in [0.15, 0.2) is 0 Å². The summed E-state index contributed by atoms with van der Waals surface area (Å²) in [6.45, 7) is 14.3. The van der Waals surface area contributed by atoms with Gasteiger partial charge in [-0.1, -0.05) is 34.1 Å². The first-order chi connectivity index (χ1) is 15.8. The lowest BCUT2D eigenvalue weighted by Crippen LogP contribution is -2.74. The van der Waals surface area contributed by atoms with Crippen LogP contribution in [0, 0.1) is 50.7 Å². The van der Waals surface area contributed by atoms with Crippen molar-refractivity contribution in [3.8, 4) is 0 Å². The molecule has 4 heteroatoms. The predicted octanol–water partition coefficient (Wildman–Crippen LogP) is 5.88. The number of cyclic esters (lactones) is 1. The first-order valence-corrected chi connectivity index (χ1v) is 14.3. The van der Waals surface area contributed by atoms with Crippen LogP contribution in [0.25, 0.3) is 0 Å². The fraction of sp³-hybridized carbons (Fsp3) is 0.967. The molecule has 0 radical (unpaired) electrons. The summed E-state index contributed by atoms with van der Waals surface area (Å²) in [5, 5.41) is 22.8. The Morgan fingerprint density at radius 1 is 0.765 bits per heavy atom. The molecule has 4 nitrogen and oxygen atoms in total. The van der Waals surface area contributed by atoms with E-state index < -0.39 is 16.6 Å². The molecule has 5 aliphatic carbocycles. The van der Waals surface area contributed by atoms with Crippen LogP contribution in [0.2, 0.25) is 0 Å². The summed E-state index contributed by atoms with van der Waals surface area (Å²) in [5.41, 5.74) is -1.76. The Kier molecular flexibility index (Phi) is 4.63. The van der Waals surface area contributed by atoms with Crippen LogP contribution in [-0.2, 0) is 9.53 Å². The SMILES string of the molecule is CC1(C)OC(=O)[C@]23CC[C@H]1[C@]2(O)CC[C@]1(C)[C@@H]3CC[C@@H]2[C@@]3(C)CCC[C@](C)(CO)[C@@H]3CC[C@]21C. The van der Waals surface area contributed by atoms with Crippen LogP contribution in [-0.4, -0.2) is 34.0 Å². The van der Waals surface area contributed by atoms with E-state index in [0.29, 0.717) is 18.4 Å². The van der Waals surface area contributed by atoms with Crippen molar-refractivity contribution in [1.82, 2.24) is 0 Å². The monoisotopic (exact) mass is 472 g/mol. The van der Waals surface area contributed by atoms with E-state index >= 15 is 0 Å². The molecule has 5 saturated carbocycles. The van der Waals surface area contributed by atoms with Gasteiger partial charge >= 0.3 is 5.97 Å². The molecule has 0 aromatic heterocycles. The van der Waals surface area contributed by atoms with Crippen LogP contribution in [0.3, 0.4) is 0 Å². The fourth-order valence-corrected chi connectivity index (χ4v) is 12.5. The summed E-state index contributed by atoms with van der Waals surface area (Å²) in [5.74, 6) is 1.33. The minimum atomic E-state index is -0.916. The number of fused-ring (bicyclic) bond motifs is 5. The van der Waals surface area contributed by atoms with E-state index in [1.165, 1.54) is 25.7 Å². The number of ether oxygens (including phenoxy) is 1. The highest BCUT2D eigenvalue weighted by atomic mass is 16.6. The summed E-state index contributed by atoms with van der Waals surface area (Å²) in [7, 11) is 0. The van der Waals surface area contributed by atoms with Gasteiger partial charge in [0.2, 0.25) is 0 Å². The van der Waals surface area contributed by atoms with Gasteiger partial charge in [-0.2, -0.15) is 0 Å². The average molecular weight is 473 g/mol. The van der Waals surface area contributed by atoms with Gasteiger partial charge in [-0.25, -0.2) is 0 Å². The topological polar surface area (TPSA) is 66.8 Å². The Bertz CT molecular complexity index is 913. The minimum absolute atomic E-state index is 0.0264. The molecule has 1 saturated heterocycles. The molecule has 2 N–H and O–H groups in total. The zero-order valence-electron chi connectivity index (χ0n) is 22.5. The molecule has 1 heterocycles. The number of carbonyl (C=O) groups is 1. The zero-order valence-corrected chi connectivity index (χ0v) is 22.5. The van der Waals surface area contributed by atoms with Gasteiger partial charge in [-0.05, 0) is 117 Å². The van der Waals surface area contributed by atoms with E-state index in [0.717, 1.165) is 44.9 Å². The number of carbonyl (C=O) groups excluding carboxylic acids is 1. The summed E-state index contributed by atoms with van der Waals surface area (Å²) >= 11 is 0. The van der Waals surface area contributed by atoms with E-state index in [1.807, 2.05) is 13.8 Å². The molecule has 6 fully saturated rings. The van der Waals surface area contributed by atoms with E-state index in [9.17, 15) is 15.0 Å². The minimum Gasteiger partial charge on any atom is -0.459 e. The van der Waals surface area contributed by atoms with Crippen molar-refractivity contribution in [2.75, 3.05) is 6.61 Å². The first kappa shape index (κ1) is 23.8. The number of aliphatic hydroxyl groups excluding tert-OH is 1. The van der Waals surface area contributed by atoms with Crippen molar-refractivity contribution in [2.24, 2.45) is 50.7 Å². The average Bonchev–Trinajstić information content (AvgIpc) is 3.03. The molecule has 1 aliphatic heterocycles. The number of rotatable bonds is 1. The van der Waals surface area contributed by atoms with Gasteiger partial charge < -0.3 is 14.9 Å². The Hall–Kier alpha value is -0.610. The maximum absolute atomic E-state index is 13.9. The molecule has 0 unspecified atom stereocenters. The highest BCUT2D eigenvalue weighted by Crippen LogP contribution is 2.79. The zero-order chi connectivity index (χ0) is 24.6. The van der Waals surface area contributed by atoms with Crippen LogP contribution in [0.15, 0.2) is 0 Å². The van der Waals surface area contributed by atoms with E-state index in [1.54, 1.807) is 0 Å². The van der Waals surface area contributed by atoms with Gasteiger partial charge in [0, 0.05) is 12.5 Å². The third kappa shape index (κ3) is 2.34. The third-order valence-electron chi connectivity index (χ3n) is 14.2. The molecule has 34 heavy (non-hydrogen) atoms. The van der Waals surface area contributed by atoms with Gasteiger partial charge in [0.1, 0.15) is 11.0 Å². The second-order valence-electron chi connectivity index (χ2n) is 15.3. The second-order valence-corrected chi connectivity index (χ2v) is 15.3. The predicted molar refractivity (Wildman–Crippen MR) is 132 cm³/mol. The second kappa shape index (κ2) is 6.63. The number of esters is 1. The van der Waals surface area contributed by atoms with Crippen LogP contribution in [0.4, 0.5) is 0 Å². The van der Waals surface area contributed by atoms with Crippen LogP contribution in [0.5, 0.6) is 0 Å². The number of hydrogen-bond acceptors (Lipinski definition) is 4. The van der Waals surface area contributed by atoms with Gasteiger partial charge in [0.25, 0.3) is 0 Å². The maximum Gasteiger partial charge on any atom is 0.315 e. The van der Waals surface area contributed by atoms with Crippen molar-refractivity contribution in [3.05, 3.63) is 0 Å². The Morgan fingerprint density at radius 2 is 1.41 bits per heavy atom. The largest absolute Gasteiger partial charge is 0.459 e. The molecular weight excluding hydrogens is 424 g/mol. The van der Waals surface area contributed by atoms with Gasteiger partial charge in [0.05, 0.1) is 5.60 Å². The molecule has 10 atom stereocenters. The molecule has 0 aromatic rings. The lowest BCUT2D eigenvalue weighted by Gasteiger charge is -2.74. The summed E-state index contributed by atoms with van der Waals surface area (Å²) < 4.78 is 6.17. The maximum atomic E-state index is 13.9. The highest BCUT2D eigenvalue weighted by molar-refractivity contribution is 5.82. The Balaban J connectivity index is 1.44. The number of hydrogen-bond donors (Lipinski definition) is 2. The van der Waals surface area contributed by atoms with E-state index in [4.69, 9.17) is 4.74 Å². The van der Waals surface area contributed by atoms with Crippen LogP contribution in [0.1, 0.15) is 112 Å². The smallest absolute Gasteiger partial charge is 0.315 e. The summed E-state index contributed by atoms with van der Waals surface area (Å²) in [6, 6.07) is 0. The molecule has 0 amide bonds. The molecule has 6 rings (SSSR count). The molecule has 192 valence electrons. The first-order valence-electron chi connectivity index (χ1n) is 14.3. The fourth-order valence-electron chi connectivity index (χ4n) is 12.5. The highest BCUT2D eigenvalue weighted by Gasteiger charge is 2.80. The van der Waals surface area contributed by atoms with E-state index in [-0.39, 0.29) is 39.5 Å². The summed E-state index contributed by atoms with van der Waals surface area (Å²) in [4.78, 5) is 13.9. The van der Waals surface area contributed by atoms with Crippen molar-refractivity contribution in [3.63, 3.8) is 0 Å². The third-order valence-corrected chi connectivity index (χ3v) is 14.2. The van der Waals surface area contributed by atoms with Crippen LogP contribution < -0.4 is 0 Å². The van der Waals surface area contributed by atoms with E-state index in [2.05, 4.69) is 27.7 Å². The normalized spacial score (nSPS) is 59.8. The lowest BCUT2D eigenvalue weighted by atomic mass is 9.31. The molecule has 0 spiro atoms. The van der Waals surface area contributed by atoms with Crippen molar-refractivity contribution >= 4 is 5.97 Å². The van der Waals surface area contributed by atoms with Crippen molar-refractivity contribution in [1.29, 1.82) is 0 Å². The standard InChI is InChI=1S/C30H48O4/c1-24(2)19-11-15-29(23(32)34-24)22-9-8-21-26(4)13-7-12-25(3,18-31)20(26)10-14-27(21,5)28(22,6)16-17-30(19,29)33/h19-22,31,33H,7-18H2,1-6H3/t19-,20+,21-,22+,25-,26+,27-,28-,29-,30-/m1/s1. The lowest BCUT2D eigenvalue weighted by molar-refractivity contribution is -0.300. The molecule has 0 aromatic carbocycles. The number of aliphatic hydroxyl groups is 2. The Labute approximate surface area is 206 Å². The van der Waals surface area contributed by atoms with Gasteiger partial charge in [-0.3, -0.25) is 4.79 Å². The summed E-state index contributed by atoms with van der Waals surface area (Å²) in [6.07, 6.45) is 11.6. The van der Waals surface area contributed by atoms with Crippen LogP contribution >= 0.6 is 0 Å². The van der Waals surface area contributed by atoms with Crippen molar-refractivity contribution in [2.45, 2.75) is 123 Å². The molecule has 2 bridgehead atoms. The Morgan fingerprint density at radius 3 is 2.12 bits per heavy atom. The molecular formula is C30H48O4. The van der Waals surface area contributed by atoms with Gasteiger partial charge in [-0.15, -0.1) is 0 Å². The quantitative estimate of drug-likeness (QED) is 0.468.